The summed E-state index contributed by atoms with van der Waals surface area (Å²) in [6.07, 6.45) is 1.97. The number of thiocarbonyl (C=S) groups is 1. The van der Waals surface area contributed by atoms with Crippen LogP contribution in [0.5, 0.6) is 0 Å². The molecule has 1 aliphatic heterocycles. The number of hydrogen-bond donors (Lipinski definition) is 2. The molecule has 2 aliphatic rings. The fourth-order valence-electron chi connectivity index (χ4n) is 2.69. The number of nitro groups is 1. The molecular weight excluding hydrogens is 328 g/mol. The highest BCUT2D eigenvalue weighted by Gasteiger charge is 2.35. The summed E-state index contributed by atoms with van der Waals surface area (Å²) in [6, 6.07) is 5.99. The summed E-state index contributed by atoms with van der Waals surface area (Å²) in [6.45, 7) is 1.83. The monoisotopic (exact) mass is 346 g/mol. The van der Waals surface area contributed by atoms with Gasteiger partial charge in [-0.15, -0.1) is 0 Å². The maximum absolute atomic E-state index is 12.7. The minimum atomic E-state index is -0.507. The van der Waals surface area contributed by atoms with E-state index in [-0.39, 0.29) is 17.6 Å². The summed E-state index contributed by atoms with van der Waals surface area (Å²) < 4.78 is 0. The maximum Gasteiger partial charge on any atom is 0.269 e. The van der Waals surface area contributed by atoms with Crippen molar-refractivity contribution in [3.8, 4) is 0 Å². The van der Waals surface area contributed by atoms with Crippen molar-refractivity contribution in [1.29, 1.82) is 0 Å². The molecule has 1 aromatic rings. The van der Waals surface area contributed by atoms with Crippen molar-refractivity contribution in [3.05, 3.63) is 51.2 Å². The summed E-state index contributed by atoms with van der Waals surface area (Å²) >= 11 is 5.32. The molecule has 1 amide bonds. The molecule has 1 atom stereocenters. The molecule has 0 radical (unpaired) electrons. The van der Waals surface area contributed by atoms with Crippen molar-refractivity contribution in [2.45, 2.75) is 31.8 Å². The molecule has 1 saturated carbocycles. The van der Waals surface area contributed by atoms with Gasteiger partial charge in [0.2, 0.25) is 0 Å². The van der Waals surface area contributed by atoms with Gasteiger partial charge in [0.05, 0.1) is 16.5 Å². The highest BCUT2D eigenvalue weighted by Crippen LogP contribution is 2.32. The molecule has 8 heteroatoms. The number of benzene rings is 1. The Hall–Kier alpha value is -2.48. The quantitative estimate of drug-likeness (QED) is 0.493. The van der Waals surface area contributed by atoms with Crippen molar-refractivity contribution in [3.63, 3.8) is 0 Å². The summed E-state index contributed by atoms with van der Waals surface area (Å²) in [4.78, 5) is 25.0. The first kappa shape index (κ1) is 16.4. The minimum Gasteiger partial charge on any atom is -0.351 e. The number of carbonyl (C=O) groups is 1. The first-order valence-electron chi connectivity index (χ1n) is 7.68. The molecule has 1 aromatic carbocycles. The lowest BCUT2D eigenvalue weighted by Gasteiger charge is -2.35. The van der Waals surface area contributed by atoms with Gasteiger partial charge < -0.3 is 15.5 Å². The number of non-ortho nitro benzene ring substituents is 1. The van der Waals surface area contributed by atoms with Gasteiger partial charge in [0.25, 0.3) is 11.6 Å². The molecule has 24 heavy (non-hydrogen) atoms. The highest BCUT2D eigenvalue weighted by atomic mass is 32.1. The van der Waals surface area contributed by atoms with Crippen LogP contribution in [-0.4, -0.2) is 33.9 Å². The molecule has 0 spiro atoms. The van der Waals surface area contributed by atoms with Gasteiger partial charge in [0.1, 0.15) is 0 Å². The number of carbonyl (C=O) groups excluding carboxylic acids is 1. The molecule has 3 rings (SSSR count). The van der Waals surface area contributed by atoms with E-state index in [1.165, 1.54) is 12.1 Å². The van der Waals surface area contributed by atoms with E-state index < -0.39 is 11.0 Å². The van der Waals surface area contributed by atoms with Crippen LogP contribution in [0.25, 0.3) is 0 Å². The fraction of sp³-hybridized carbons (Fsp3) is 0.375. The van der Waals surface area contributed by atoms with Gasteiger partial charge in [-0.3, -0.25) is 14.9 Å². The second-order valence-electron chi connectivity index (χ2n) is 6.04. The zero-order valence-electron chi connectivity index (χ0n) is 13.4. The predicted octanol–water partition coefficient (Wildman–Crippen LogP) is 2.01. The summed E-state index contributed by atoms with van der Waals surface area (Å²) in [5, 5.41) is 17.6. The van der Waals surface area contributed by atoms with Crippen LogP contribution in [-0.2, 0) is 4.79 Å². The van der Waals surface area contributed by atoms with Crippen molar-refractivity contribution in [2.75, 3.05) is 7.05 Å². The Morgan fingerprint density at radius 1 is 1.46 bits per heavy atom. The largest absolute Gasteiger partial charge is 0.351 e. The number of nitro benzene ring substituents is 1. The molecule has 126 valence electrons. The third-order valence-electron chi connectivity index (χ3n) is 4.33. The average Bonchev–Trinajstić information content (AvgIpc) is 3.36. The number of hydrogen-bond acceptors (Lipinski definition) is 4. The molecule has 0 aromatic heterocycles. The first-order valence-corrected chi connectivity index (χ1v) is 8.09. The van der Waals surface area contributed by atoms with Gasteiger partial charge in [-0.25, -0.2) is 0 Å². The van der Waals surface area contributed by atoms with E-state index in [4.69, 9.17) is 12.2 Å². The number of amides is 1. The Labute approximate surface area is 144 Å². The van der Waals surface area contributed by atoms with Crippen LogP contribution >= 0.6 is 12.2 Å². The van der Waals surface area contributed by atoms with Crippen molar-refractivity contribution < 1.29 is 9.72 Å². The first-order chi connectivity index (χ1) is 11.4. The Morgan fingerprint density at radius 2 is 2.17 bits per heavy atom. The van der Waals surface area contributed by atoms with E-state index in [1.54, 1.807) is 24.1 Å². The lowest BCUT2D eigenvalue weighted by molar-refractivity contribution is -0.384. The molecule has 0 saturated heterocycles. The molecule has 0 unspecified atom stereocenters. The van der Waals surface area contributed by atoms with E-state index in [0.717, 1.165) is 18.5 Å². The van der Waals surface area contributed by atoms with E-state index in [9.17, 15) is 14.9 Å². The molecular formula is C16H18N4O3S. The van der Waals surface area contributed by atoms with Gasteiger partial charge in [-0.2, -0.15) is 0 Å². The highest BCUT2D eigenvalue weighted by molar-refractivity contribution is 7.80. The van der Waals surface area contributed by atoms with Crippen LogP contribution in [0.4, 0.5) is 5.69 Å². The summed E-state index contributed by atoms with van der Waals surface area (Å²) in [5.41, 5.74) is 1.91. The molecule has 1 fully saturated rings. The second kappa shape index (κ2) is 6.20. The normalized spacial score (nSPS) is 20.7. The summed E-state index contributed by atoms with van der Waals surface area (Å²) in [7, 11) is 1.79. The zero-order chi connectivity index (χ0) is 17.4. The summed E-state index contributed by atoms with van der Waals surface area (Å²) in [5.74, 6) is -0.159. The van der Waals surface area contributed by atoms with Crippen LogP contribution in [0.3, 0.4) is 0 Å². The van der Waals surface area contributed by atoms with Crippen LogP contribution in [0, 0.1) is 10.1 Å². The number of rotatable bonds is 4. The van der Waals surface area contributed by atoms with Crippen LogP contribution in [0.1, 0.15) is 31.4 Å². The van der Waals surface area contributed by atoms with Gasteiger partial charge >= 0.3 is 0 Å². The number of allylic oxidation sites excluding steroid dienone is 1. The van der Waals surface area contributed by atoms with E-state index in [0.29, 0.717) is 16.2 Å². The lowest BCUT2D eigenvalue weighted by Crippen LogP contribution is -2.47. The van der Waals surface area contributed by atoms with Gasteiger partial charge in [0, 0.05) is 30.9 Å². The lowest BCUT2D eigenvalue weighted by atomic mass is 9.94. The van der Waals surface area contributed by atoms with Crippen molar-refractivity contribution >= 4 is 28.9 Å². The van der Waals surface area contributed by atoms with Crippen molar-refractivity contribution in [2.24, 2.45) is 0 Å². The van der Waals surface area contributed by atoms with E-state index in [2.05, 4.69) is 10.6 Å². The zero-order valence-corrected chi connectivity index (χ0v) is 14.2. The SMILES string of the molecule is CC1=C(C(=O)NC2CC2)[C@H](c2cccc([N+](=O)[O-])c2)NC(=S)N1C. The van der Waals surface area contributed by atoms with Crippen LogP contribution in [0.2, 0.25) is 0 Å². The average molecular weight is 346 g/mol. The number of nitrogens with one attached hydrogen (secondary N) is 2. The van der Waals surface area contributed by atoms with Gasteiger partial charge in [0.15, 0.2) is 5.11 Å². The third-order valence-corrected chi connectivity index (χ3v) is 4.72. The Balaban J connectivity index is 2.02. The smallest absolute Gasteiger partial charge is 0.269 e. The standard InChI is InChI=1S/C16H18N4O3S/c1-9-13(15(21)17-11-6-7-11)14(18-16(24)19(9)2)10-4-3-5-12(8-10)20(22)23/h3-5,8,11,14H,6-7H2,1-2H3,(H,17,21)(H,18,24)/t14-/m0/s1. The number of nitrogens with zero attached hydrogens (tertiary/aromatic N) is 2. The van der Waals surface area contributed by atoms with Crippen LogP contribution in [0.15, 0.2) is 35.5 Å². The second-order valence-corrected chi connectivity index (χ2v) is 6.43. The molecule has 1 aliphatic carbocycles. The third kappa shape index (κ3) is 3.09. The molecule has 1 heterocycles. The Bertz CT molecular complexity index is 757. The maximum atomic E-state index is 12.7. The predicted molar refractivity (Wildman–Crippen MR) is 93.2 cm³/mol. The van der Waals surface area contributed by atoms with E-state index in [1.807, 2.05) is 6.92 Å². The van der Waals surface area contributed by atoms with Crippen LogP contribution < -0.4 is 10.6 Å². The fourth-order valence-corrected chi connectivity index (χ4v) is 2.94. The Morgan fingerprint density at radius 3 is 2.79 bits per heavy atom. The Kier molecular flexibility index (Phi) is 4.23. The van der Waals surface area contributed by atoms with E-state index >= 15 is 0 Å². The minimum absolute atomic E-state index is 0.0150. The van der Waals surface area contributed by atoms with Gasteiger partial charge in [-0.05, 0) is 37.5 Å². The molecule has 7 nitrogen and oxygen atoms in total. The van der Waals surface area contributed by atoms with Crippen molar-refractivity contribution in [1.82, 2.24) is 15.5 Å². The molecule has 2 N–H and O–H groups in total. The topological polar surface area (TPSA) is 87.5 Å². The van der Waals surface area contributed by atoms with Gasteiger partial charge in [-0.1, -0.05) is 12.1 Å². The molecule has 0 bridgehead atoms.